The molecule has 8 nitrogen and oxygen atoms in total. The molecule has 1 fully saturated rings. The quantitative estimate of drug-likeness (QED) is 0.220. The summed E-state index contributed by atoms with van der Waals surface area (Å²) in [6, 6.07) is 8.65. The number of carbonyl (C=O) groups excluding carboxylic acids is 1. The maximum atomic E-state index is 13.2. The molecule has 0 N–H and O–H groups in total. The molecular formula is C37H61N3O5. The molecule has 2 aromatic heterocycles. The van der Waals surface area contributed by atoms with Gasteiger partial charge >= 0.3 is 5.97 Å². The first kappa shape index (κ1) is 39.8. The minimum absolute atomic E-state index is 0.114. The average Bonchev–Trinajstić information content (AvgIpc) is 3.49. The number of benzene rings is 1. The number of carbonyl (C=O) groups is 1. The highest BCUT2D eigenvalue weighted by Crippen LogP contribution is 2.42. The summed E-state index contributed by atoms with van der Waals surface area (Å²) in [5.74, 6) is 1.45. The first-order valence-corrected chi connectivity index (χ1v) is 16.7. The van der Waals surface area contributed by atoms with E-state index in [-0.39, 0.29) is 18.1 Å². The zero-order valence-corrected chi connectivity index (χ0v) is 30.8. The molecule has 0 spiro atoms. The van der Waals surface area contributed by atoms with Crippen LogP contribution in [0.2, 0.25) is 0 Å². The monoisotopic (exact) mass is 627 g/mol. The van der Waals surface area contributed by atoms with Crippen LogP contribution in [0.5, 0.6) is 17.2 Å². The number of piperidine rings is 1. The van der Waals surface area contributed by atoms with E-state index in [0.717, 1.165) is 53.8 Å². The Morgan fingerprint density at radius 2 is 1.36 bits per heavy atom. The third-order valence-electron chi connectivity index (χ3n) is 7.92. The Kier molecular flexibility index (Phi) is 17.1. The van der Waals surface area contributed by atoms with Crippen molar-refractivity contribution >= 4 is 11.5 Å². The number of methoxy groups -OCH3 is 3. The molecule has 0 amide bonds. The van der Waals surface area contributed by atoms with Crippen LogP contribution < -0.4 is 14.2 Å². The highest BCUT2D eigenvalue weighted by Gasteiger charge is 2.29. The van der Waals surface area contributed by atoms with Crippen LogP contribution in [0.15, 0.2) is 30.5 Å². The summed E-state index contributed by atoms with van der Waals surface area (Å²) in [5, 5.41) is 0. The minimum Gasteiger partial charge on any atom is -0.493 e. The van der Waals surface area contributed by atoms with Crippen molar-refractivity contribution in [3.63, 3.8) is 0 Å². The zero-order valence-electron chi connectivity index (χ0n) is 30.8. The first-order chi connectivity index (χ1) is 21.6. The number of aromatic nitrogens is 1. The Labute approximate surface area is 273 Å². The fourth-order valence-corrected chi connectivity index (χ4v) is 5.75. The van der Waals surface area contributed by atoms with E-state index < -0.39 is 0 Å². The largest absolute Gasteiger partial charge is 0.493 e. The molecule has 254 valence electrons. The van der Waals surface area contributed by atoms with Crippen molar-refractivity contribution in [3.8, 4) is 28.4 Å². The van der Waals surface area contributed by atoms with Crippen LogP contribution in [0.3, 0.4) is 0 Å². The van der Waals surface area contributed by atoms with Crippen molar-refractivity contribution in [1.82, 2.24) is 14.2 Å². The second-order valence-electron chi connectivity index (χ2n) is 10.9. The predicted octanol–water partition coefficient (Wildman–Crippen LogP) is 8.67. The van der Waals surface area contributed by atoms with Crippen LogP contribution in [0.25, 0.3) is 16.6 Å². The van der Waals surface area contributed by atoms with Gasteiger partial charge in [-0.3, -0.25) is 4.90 Å². The fraction of sp³-hybridized carbons (Fsp3) is 0.595. The summed E-state index contributed by atoms with van der Waals surface area (Å²) in [7, 11) is 9.15. The summed E-state index contributed by atoms with van der Waals surface area (Å²) >= 11 is 0. The number of hydrogen-bond acceptors (Lipinski definition) is 7. The van der Waals surface area contributed by atoms with Crippen LogP contribution in [0, 0.1) is 6.92 Å². The van der Waals surface area contributed by atoms with Crippen molar-refractivity contribution in [2.24, 2.45) is 0 Å². The third kappa shape index (κ3) is 9.39. The fourth-order valence-electron chi connectivity index (χ4n) is 5.75. The lowest BCUT2D eigenvalue weighted by atomic mass is 9.98. The van der Waals surface area contributed by atoms with Gasteiger partial charge in [-0.05, 0) is 90.0 Å². The predicted molar refractivity (Wildman–Crippen MR) is 189 cm³/mol. The first-order valence-electron chi connectivity index (χ1n) is 16.7. The molecule has 8 heteroatoms. The molecule has 4 rings (SSSR count). The molecule has 45 heavy (non-hydrogen) atoms. The molecule has 1 unspecified atom stereocenters. The van der Waals surface area contributed by atoms with Gasteiger partial charge in [0, 0.05) is 48.1 Å². The third-order valence-corrected chi connectivity index (χ3v) is 7.92. The maximum Gasteiger partial charge on any atom is 0.338 e. The van der Waals surface area contributed by atoms with E-state index in [0.29, 0.717) is 28.9 Å². The van der Waals surface area contributed by atoms with Crippen molar-refractivity contribution in [2.75, 3.05) is 48.5 Å². The van der Waals surface area contributed by atoms with Crippen LogP contribution in [-0.4, -0.2) is 80.8 Å². The van der Waals surface area contributed by atoms with E-state index in [4.69, 9.17) is 18.9 Å². The highest BCUT2D eigenvalue weighted by atomic mass is 16.5. The standard InChI is InChI=1S/C31H43N3O5.3C2H6/c1-19(2)39-31(35)26-17-25-14-23(22-15-27(36-7)30(38-9)28(16-22)37-8)18-34(25)29(20(26)3)21(4)33-12-10-24(11-13-33)32(5)6;3*1-2/h14-19,21,24H,10-13H2,1-9H3;3*1-2H3. The van der Waals surface area contributed by atoms with E-state index in [9.17, 15) is 4.79 Å². The molecule has 1 saturated heterocycles. The Balaban J connectivity index is 0.00000159. The van der Waals surface area contributed by atoms with Crippen LogP contribution >= 0.6 is 0 Å². The number of likely N-dealkylation sites (tertiary alicyclic amines) is 1. The van der Waals surface area contributed by atoms with Gasteiger partial charge in [0.15, 0.2) is 11.5 Å². The summed E-state index contributed by atoms with van der Waals surface area (Å²) in [6.45, 7) is 22.1. The SMILES string of the molecule is CC.CC.CC.COc1cc(-c2cc3cc(C(=O)OC(C)C)c(C)c(C(C)N4CCC(N(C)C)CC4)n3c2)cc(OC)c1OC. The number of esters is 1. The lowest BCUT2D eigenvalue weighted by Gasteiger charge is -2.39. The summed E-state index contributed by atoms with van der Waals surface area (Å²) in [5.41, 5.74) is 5.51. The molecule has 1 atom stereocenters. The van der Waals surface area contributed by atoms with Gasteiger partial charge in [-0.2, -0.15) is 0 Å². The van der Waals surface area contributed by atoms with Crippen molar-refractivity contribution < 1.29 is 23.7 Å². The Morgan fingerprint density at radius 1 is 0.822 bits per heavy atom. The lowest BCUT2D eigenvalue weighted by molar-refractivity contribution is 0.0376. The van der Waals surface area contributed by atoms with Crippen molar-refractivity contribution in [1.29, 1.82) is 0 Å². The average molecular weight is 628 g/mol. The van der Waals surface area contributed by atoms with Gasteiger partial charge in [0.25, 0.3) is 0 Å². The van der Waals surface area contributed by atoms with Crippen molar-refractivity contribution in [2.45, 2.75) is 100 Å². The van der Waals surface area contributed by atoms with E-state index in [1.807, 2.05) is 80.5 Å². The van der Waals surface area contributed by atoms with E-state index in [1.165, 1.54) is 0 Å². The molecule has 0 aliphatic carbocycles. The molecule has 1 aliphatic heterocycles. The molecule has 0 bridgehead atoms. The minimum atomic E-state index is -0.291. The highest BCUT2D eigenvalue weighted by molar-refractivity contribution is 5.93. The lowest BCUT2D eigenvalue weighted by Crippen LogP contribution is -2.43. The maximum absolute atomic E-state index is 13.2. The topological polar surface area (TPSA) is 64.9 Å². The van der Waals surface area contributed by atoms with Gasteiger partial charge in [-0.1, -0.05) is 41.5 Å². The second-order valence-corrected chi connectivity index (χ2v) is 10.9. The van der Waals surface area contributed by atoms with Crippen LogP contribution in [0.1, 0.15) is 103 Å². The Bertz CT molecular complexity index is 1300. The molecule has 3 heterocycles. The molecule has 0 radical (unpaired) electrons. The zero-order chi connectivity index (χ0) is 34.4. The van der Waals surface area contributed by atoms with Gasteiger partial charge in [0.05, 0.1) is 33.0 Å². The molecule has 1 aliphatic rings. The molecule has 3 aromatic rings. The van der Waals surface area contributed by atoms with Crippen LogP contribution in [-0.2, 0) is 4.74 Å². The van der Waals surface area contributed by atoms with E-state index in [2.05, 4.69) is 47.5 Å². The number of pyridine rings is 1. The Hall–Kier alpha value is -3.23. The molecule has 0 saturated carbocycles. The van der Waals surface area contributed by atoms with Gasteiger partial charge < -0.3 is 28.2 Å². The van der Waals surface area contributed by atoms with Gasteiger partial charge in [-0.25, -0.2) is 4.79 Å². The number of ether oxygens (including phenoxy) is 4. The van der Waals surface area contributed by atoms with Gasteiger partial charge in [-0.15, -0.1) is 0 Å². The van der Waals surface area contributed by atoms with E-state index >= 15 is 0 Å². The number of nitrogens with zero attached hydrogens (tertiary/aromatic N) is 3. The number of rotatable bonds is 9. The Morgan fingerprint density at radius 3 is 1.80 bits per heavy atom. The van der Waals surface area contributed by atoms with Crippen LogP contribution in [0.4, 0.5) is 0 Å². The van der Waals surface area contributed by atoms with Crippen molar-refractivity contribution in [3.05, 3.63) is 47.3 Å². The number of fused-ring (bicyclic) bond motifs is 1. The summed E-state index contributed by atoms with van der Waals surface area (Å²) in [4.78, 5) is 18.1. The molecular weight excluding hydrogens is 566 g/mol. The smallest absolute Gasteiger partial charge is 0.338 e. The second kappa shape index (κ2) is 19.3. The normalized spacial score (nSPS) is 14.0. The van der Waals surface area contributed by atoms with E-state index in [1.54, 1.807) is 21.3 Å². The summed E-state index contributed by atoms with van der Waals surface area (Å²) < 4.78 is 24.6. The van der Waals surface area contributed by atoms with Gasteiger partial charge in [0.2, 0.25) is 5.75 Å². The number of hydrogen-bond donors (Lipinski definition) is 0. The summed E-state index contributed by atoms with van der Waals surface area (Å²) in [6.07, 6.45) is 4.19. The van der Waals surface area contributed by atoms with Gasteiger partial charge in [0.1, 0.15) is 0 Å². The molecule has 1 aromatic carbocycles.